The maximum Gasteiger partial charge on any atom is 0.291 e. The van der Waals surface area contributed by atoms with Crippen LogP contribution in [0.15, 0.2) is 78.3 Å². The van der Waals surface area contributed by atoms with Crippen LogP contribution in [0, 0.1) is 0 Å². The van der Waals surface area contributed by atoms with Crippen LogP contribution in [0.5, 0.6) is 5.75 Å². The average Bonchev–Trinajstić information content (AvgIpc) is 2.69. The molecule has 1 amide bonds. The summed E-state index contributed by atoms with van der Waals surface area (Å²) in [6.45, 7) is 0.516. The Labute approximate surface area is 145 Å². The van der Waals surface area contributed by atoms with Crippen LogP contribution in [0.4, 0.5) is 0 Å². The number of hydrogen-bond donors (Lipinski definition) is 1. The van der Waals surface area contributed by atoms with Gasteiger partial charge in [-0.3, -0.25) is 9.78 Å². The van der Waals surface area contributed by atoms with Gasteiger partial charge in [-0.05, 0) is 35.4 Å². The third kappa shape index (κ3) is 4.97. The SMILES string of the molecule is O=C(N/N=C/c1ccc(OCc2ccccc2)cc1)c1cnccn1. The highest BCUT2D eigenvalue weighted by Crippen LogP contribution is 2.13. The molecule has 0 saturated carbocycles. The molecule has 0 radical (unpaired) electrons. The van der Waals surface area contributed by atoms with Gasteiger partial charge >= 0.3 is 0 Å². The average molecular weight is 332 g/mol. The molecule has 3 rings (SSSR count). The van der Waals surface area contributed by atoms with Crippen LogP contribution < -0.4 is 10.2 Å². The Bertz CT molecular complexity index is 834. The Morgan fingerprint density at radius 2 is 1.88 bits per heavy atom. The number of rotatable bonds is 6. The minimum Gasteiger partial charge on any atom is -0.489 e. The van der Waals surface area contributed by atoms with E-state index in [1.165, 1.54) is 18.6 Å². The van der Waals surface area contributed by atoms with E-state index >= 15 is 0 Å². The largest absolute Gasteiger partial charge is 0.489 e. The predicted molar refractivity (Wildman–Crippen MR) is 94.3 cm³/mol. The molecule has 0 spiro atoms. The summed E-state index contributed by atoms with van der Waals surface area (Å²) in [5.74, 6) is 0.358. The first-order valence-corrected chi connectivity index (χ1v) is 7.67. The summed E-state index contributed by atoms with van der Waals surface area (Å²) < 4.78 is 5.72. The van der Waals surface area contributed by atoms with Crippen LogP contribution in [0.2, 0.25) is 0 Å². The molecule has 0 aliphatic rings. The molecule has 0 saturated heterocycles. The van der Waals surface area contributed by atoms with Crippen molar-refractivity contribution in [3.8, 4) is 5.75 Å². The molecule has 0 bridgehead atoms. The summed E-state index contributed by atoms with van der Waals surface area (Å²) in [7, 11) is 0. The van der Waals surface area contributed by atoms with Crippen molar-refractivity contribution < 1.29 is 9.53 Å². The highest BCUT2D eigenvalue weighted by molar-refractivity contribution is 5.92. The monoisotopic (exact) mass is 332 g/mol. The van der Waals surface area contributed by atoms with Crippen LogP contribution in [-0.2, 0) is 6.61 Å². The highest BCUT2D eigenvalue weighted by Gasteiger charge is 2.04. The Morgan fingerprint density at radius 1 is 1.08 bits per heavy atom. The second-order valence-electron chi connectivity index (χ2n) is 5.13. The molecule has 0 aliphatic heterocycles. The minimum absolute atomic E-state index is 0.212. The van der Waals surface area contributed by atoms with Crippen LogP contribution in [0.1, 0.15) is 21.6 Å². The molecule has 124 valence electrons. The van der Waals surface area contributed by atoms with Crippen molar-refractivity contribution in [3.63, 3.8) is 0 Å². The topological polar surface area (TPSA) is 76.5 Å². The van der Waals surface area contributed by atoms with Crippen molar-refractivity contribution in [1.82, 2.24) is 15.4 Å². The van der Waals surface area contributed by atoms with E-state index in [1.54, 1.807) is 6.21 Å². The molecule has 2 aromatic carbocycles. The van der Waals surface area contributed by atoms with Gasteiger partial charge in [0.1, 0.15) is 18.1 Å². The van der Waals surface area contributed by atoms with Crippen molar-refractivity contribution in [1.29, 1.82) is 0 Å². The molecule has 6 nitrogen and oxygen atoms in total. The molecule has 6 heteroatoms. The number of hydrogen-bond acceptors (Lipinski definition) is 5. The van der Waals surface area contributed by atoms with Gasteiger partial charge in [0, 0.05) is 12.4 Å². The van der Waals surface area contributed by atoms with Crippen LogP contribution in [0.25, 0.3) is 0 Å². The zero-order valence-corrected chi connectivity index (χ0v) is 13.4. The van der Waals surface area contributed by atoms with Gasteiger partial charge in [-0.25, -0.2) is 10.4 Å². The summed E-state index contributed by atoms with van der Waals surface area (Å²) in [4.78, 5) is 19.5. The van der Waals surface area contributed by atoms with E-state index in [0.717, 1.165) is 16.9 Å². The van der Waals surface area contributed by atoms with E-state index < -0.39 is 5.91 Å². The second-order valence-corrected chi connectivity index (χ2v) is 5.13. The quantitative estimate of drug-likeness (QED) is 0.556. The standard InChI is InChI=1S/C19H16N4O2/c24-19(18-13-20-10-11-21-18)23-22-12-15-6-8-17(9-7-15)25-14-16-4-2-1-3-5-16/h1-13H,14H2,(H,23,24)/b22-12+. The molecule has 0 atom stereocenters. The lowest BCUT2D eigenvalue weighted by Crippen LogP contribution is -2.19. The molecule has 1 N–H and O–H groups in total. The number of carbonyl (C=O) groups is 1. The number of aromatic nitrogens is 2. The zero-order valence-electron chi connectivity index (χ0n) is 13.4. The number of ether oxygens (including phenoxy) is 1. The van der Waals surface area contributed by atoms with Crippen LogP contribution in [-0.4, -0.2) is 22.1 Å². The maximum absolute atomic E-state index is 11.8. The lowest BCUT2D eigenvalue weighted by Gasteiger charge is -2.06. The van der Waals surface area contributed by atoms with Crippen LogP contribution >= 0.6 is 0 Å². The van der Waals surface area contributed by atoms with E-state index in [9.17, 15) is 4.79 Å². The summed E-state index contributed by atoms with van der Waals surface area (Å²) >= 11 is 0. The number of nitrogens with one attached hydrogen (secondary N) is 1. The minimum atomic E-state index is -0.410. The van der Waals surface area contributed by atoms with Crippen molar-refractivity contribution >= 4 is 12.1 Å². The maximum atomic E-state index is 11.8. The lowest BCUT2D eigenvalue weighted by atomic mass is 10.2. The summed E-state index contributed by atoms with van der Waals surface area (Å²) in [5.41, 5.74) is 4.57. The number of carbonyl (C=O) groups excluding carboxylic acids is 1. The van der Waals surface area contributed by atoms with Crippen molar-refractivity contribution in [2.24, 2.45) is 5.10 Å². The number of amides is 1. The van der Waals surface area contributed by atoms with Crippen LogP contribution in [0.3, 0.4) is 0 Å². The summed E-state index contributed by atoms with van der Waals surface area (Å²) in [6, 6.07) is 17.4. The normalized spacial score (nSPS) is 10.6. The fourth-order valence-electron chi connectivity index (χ4n) is 2.03. The van der Waals surface area contributed by atoms with Gasteiger partial charge < -0.3 is 4.74 Å². The molecule has 1 aromatic heterocycles. The molecular formula is C19H16N4O2. The van der Waals surface area contributed by atoms with Gasteiger partial charge in [-0.1, -0.05) is 30.3 Å². The van der Waals surface area contributed by atoms with E-state index in [1.807, 2.05) is 54.6 Å². The fourth-order valence-corrected chi connectivity index (χ4v) is 2.03. The Kier molecular flexibility index (Phi) is 5.45. The summed E-state index contributed by atoms with van der Waals surface area (Å²) in [6.07, 6.45) is 5.88. The van der Waals surface area contributed by atoms with Crippen molar-refractivity contribution in [2.45, 2.75) is 6.61 Å². The van der Waals surface area contributed by atoms with E-state index in [2.05, 4.69) is 20.5 Å². The fraction of sp³-hybridized carbons (Fsp3) is 0.0526. The number of nitrogens with zero attached hydrogens (tertiary/aromatic N) is 3. The summed E-state index contributed by atoms with van der Waals surface area (Å²) in [5, 5.41) is 3.91. The van der Waals surface area contributed by atoms with E-state index in [4.69, 9.17) is 4.74 Å². The molecule has 3 aromatic rings. The number of benzene rings is 2. The van der Waals surface area contributed by atoms with Gasteiger partial charge in [0.2, 0.25) is 0 Å². The van der Waals surface area contributed by atoms with Crippen molar-refractivity contribution in [2.75, 3.05) is 0 Å². The third-order valence-electron chi connectivity index (χ3n) is 3.30. The van der Waals surface area contributed by atoms with Gasteiger partial charge in [0.25, 0.3) is 5.91 Å². The Balaban J connectivity index is 1.51. The number of hydrazone groups is 1. The molecule has 1 heterocycles. The predicted octanol–water partition coefficient (Wildman–Crippen LogP) is 2.82. The van der Waals surface area contributed by atoms with E-state index in [0.29, 0.717) is 6.61 Å². The molecular weight excluding hydrogens is 316 g/mol. The molecule has 25 heavy (non-hydrogen) atoms. The van der Waals surface area contributed by atoms with Gasteiger partial charge in [-0.15, -0.1) is 0 Å². The van der Waals surface area contributed by atoms with Gasteiger partial charge in [0.15, 0.2) is 0 Å². The molecule has 0 fully saturated rings. The smallest absolute Gasteiger partial charge is 0.291 e. The lowest BCUT2D eigenvalue weighted by molar-refractivity contribution is 0.0949. The molecule has 0 aliphatic carbocycles. The van der Waals surface area contributed by atoms with Crippen molar-refractivity contribution in [3.05, 3.63) is 90.0 Å². The molecule has 0 unspecified atom stereocenters. The van der Waals surface area contributed by atoms with Gasteiger partial charge in [0.05, 0.1) is 12.4 Å². The van der Waals surface area contributed by atoms with Gasteiger partial charge in [-0.2, -0.15) is 5.10 Å². The second kappa shape index (κ2) is 8.35. The third-order valence-corrected chi connectivity index (χ3v) is 3.30. The zero-order chi connectivity index (χ0) is 17.3. The Morgan fingerprint density at radius 3 is 2.60 bits per heavy atom. The highest BCUT2D eigenvalue weighted by atomic mass is 16.5. The first-order chi connectivity index (χ1) is 12.3. The Hall–Kier alpha value is -3.54. The first-order valence-electron chi connectivity index (χ1n) is 7.67. The van der Waals surface area contributed by atoms with E-state index in [-0.39, 0.29) is 5.69 Å². The first kappa shape index (κ1) is 16.3.